The molecule has 0 bridgehead atoms. The number of methoxy groups -OCH3 is 1. The minimum absolute atomic E-state index is 0.176. The molecular formula is C18H22BrNO. The molecule has 0 fully saturated rings. The van der Waals surface area contributed by atoms with Gasteiger partial charge in [-0.2, -0.15) is 0 Å². The maximum atomic E-state index is 5.29. The van der Waals surface area contributed by atoms with Crippen LogP contribution in [0.1, 0.15) is 35.2 Å². The van der Waals surface area contributed by atoms with Crippen molar-refractivity contribution >= 4 is 15.9 Å². The summed E-state index contributed by atoms with van der Waals surface area (Å²) < 4.78 is 6.35. The molecule has 2 rings (SSSR count). The first kappa shape index (κ1) is 16.1. The molecule has 0 aliphatic carbocycles. The standard InChI is InChI=1S/C18H22BrNO/c1-5-20-18(15-8-6-7-12(2)13(15)3)16-10-9-14(21-4)11-17(16)19/h6-11,18,20H,5H2,1-4H3. The fourth-order valence-electron chi connectivity index (χ4n) is 2.55. The zero-order valence-corrected chi connectivity index (χ0v) is 14.6. The second kappa shape index (κ2) is 7.10. The fraction of sp³-hybridized carbons (Fsp3) is 0.333. The van der Waals surface area contributed by atoms with E-state index in [1.807, 2.05) is 12.1 Å². The van der Waals surface area contributed by atoms with Crippen LogP contribution in [0.15, 0.2) is 40.9 Å². The summed E-state index contributed by atoms with van der Waals surface area (Å²) in [7, 11) is 1.69. The Bertz CT molecular complexity index is 625. The van der Waals surface area contributed by atoms with E-state index in [-0.39, 0.29) is 6.04 Å². The summed E-state index contributed by atoms with van der Waals surface area (Å²) in [4.78, 5) is 0. The first-order valence-corrected chi connectivity index (χ1v) is 8.00. The van der Waals surface area contributed by atoms with Crippen molar-refractivity contribution < 1.29 is 4.74 Å². The number of benzene rings is 2. The molecule has 1 unspecified atom stereocenters. The van der Waals surface area contributed by atoms with E-state index < -0.39 is 0 Å². The molecule has 3 heteroatoms. The highest BCUT2D eigenvalue weighted by molar-refractivity contribution is 9.10. The van der Waals surface area contributed by atoms with Gasteiger partial charge in [-0.15, -0.1) is 0 Å². The second-order valence-electron chi connectivity index (χ2n) is 5.17. The lowest BCUT2D eigenvalue weighted by Crippen LogP contribution is -2.23. The molecule has 1 N–H and O–H groups in total. The predicted octanol–water partition coefficient (Wildman–Crippen LogP) is 4.77. The lowest BCUT2D eigenvalue weighted by Gasteiger charge is -2.23. The second-order valence-corrected chi connectivity index (χ2v) is 6.02. The van der Waals surface area contributed by atoms with Gasteiger partial charge < -0.3 is 10.1 Å². The van der Waals surface area contributed by atoms with E-state index in [0.717, 1.165) is 16.8 Å². The van der Waals surface area contributed by atoms with Gasteiger partial charge in [-0.25, -0.2) is 0 Å². The van der Waals surface area contributed by atoms with Gasteiger partial charge in [0.15, 0.2) is 0 Å². The summed E-state index contributed by atoms with van der Waals surface area (Å²) in [6, 6.07) is 12.8. The fourth-order valence-corrected chi connectivity index (χ4v) is 3.13. The first-order valence-electron chi connectivity index (χ1n) is 7.21. The van der Waals surface area contributed by atoms with Crippen molar-refractivity contribution in [2.45, 2.75) is 26.8 Å². The van der Waals surface area contributed by atoms with Gasteiger partial charge in [0, 0.05) is 4.47 Å². The Morgan fingerprint density at radius 1 is 1.14 bits per heavy atom. The Balaban J connectivity index is 2.51. The number of hydrogen-bond donors (Lipinski definition) is 1. The van der Waals surface area contributed by atoms with Crippen molar-refractivity contribution in [2.24, 2.45) is 0 Å². The van der Waals surface area contributed by atoms with Gasteiger partial charge in [-0.3, -0.25) is 0 Å². The molecule has 0 heterocycles. The van der Waals surface area contributed by atoms with Crippen LogP contribution in [-0.4, -0.2) is 13.7 Å². The van der Waals surface area contributed by atoms with Gasteiger partial charge in [0.05, 0.1) is 13.2 Å². The highest BCUT2D eigenvalue weighted by atomic mass is 79.9. The van der Waals surface area contributed by atoms with Crippen LogP contribution in [0.3, 0.4) is 0 Å². The van der Waals surface area contributed by atoms with E-state index >= 15 is 0 Å². The third-order valence-electron chi connectivity index (χ3n) is 3.88. The molecule has 1 atom stereocenters. The van der Waals surface area contributed by atoms with Crippen molar-refractivity contribution in [3.63, 3.8) is 0 Å². The average Bonchev–Trinajstić information content (AvgIpc) is 2.48. The van der Waals surface area contributed by atoms with Gasteiger partial charge >= 0.3 is 0 Å². The van der Waals surface area contributed by atoms with Crippen LogP contribution in [0.2, 0.25) is 0 Å². The van der Waals surface area contributed by atoms with Crippen molar-refractivity contribution in [1.29, 1.82) is 0 Å². The maximum absolute atomic E-state index is 5.29. The molecule has 0 radical (unpaired) electrons. The topological polar surface area (TPSA) is 21.3 Å². The Labute approximate surface area is 135 Å². The largest absolute Gasteiger partial charge is 0.497 e. The van der Waals surface area contributed by atoms with E-state index in [9.17, 15) is 0 Å². The highest BCUT2D eigenvalue weighted by Gasteiger charge is 2.18. The maximum Gasteiger partial charge on any atom is 0.120 e. The third kappa shape index (κ3) is 3.47. The van der Waals surface area contributed by atoms with Crippen molar-refractivity contribution in [1.82, 2.24) is 5.32 Å². The van der Waals surface area contributed by atoms with Crippen molar-refractivity contribution in [3.8, 4) is 5.75 Å². The number of ether oxygens (including phenoxy) is 1. The minimum Gasteiger partial charge on any atom is -0.497 e. The normalized spacial score (nSPS) is 12.2. The van der Waals surface area contributed by atoms with E-state index in [4.69, 9.17) is 4.74 Å². The summed E-state index contributed by atoms with van der Waals surface area (Å²) in [5, 5.41) is 3.59. The third-order valence-corrected chi connectivity index (χ3v) is 4.57. The molecule has 0 saturated carbocycles. The molecule has 2 aromatic carbocycles. The minimum atomic E-state index is 0.176. The molecule has 112 valence electrons. The Morgan fingerprint density at radius 2 is 1.90 bits per heavy atom. The van der Waals surface area contributed by atoms with Crippen LogP contribution in [-0.2, 0) is 0 Å². The monoisotopic (exact) mass is 347 g/mol. The van der Waals surface area contributed by atoms with Crippen LogP contribution < -0.4 is 10.1 Å². The Morgan fingerprint density at radius 3 is 2.52 bits per heavy atom. The summed E-state index contributed by atoms with van der Waals surface area (Å²) in [5.74, 6) is 0.863. The molecule has 0 aliphatic heterocycles. The molecule has 2 aromatic rings. The number of hydrogen-bond acceptors (Lipinski definition) is 2. The van der Waals surface area contributed by atoms with Crippen LogP contribution in [0, 0.1) is 13.8 Å². The van der Waals surface area contributed by atoms with Crippen LogP contribution >= 0.6 is 15.9 Å². The molecular weight excluding hydrogens is 326 g/mol. The van der Waals surface area contributed by atoms with E-state index in [0.29, 0.717) is 0 Å². The molecule has 2 nitrogen and oxygen atoms in total. The Kier molecular flexibility index (Phi) is 5.43. The summed E-state index contributed by atoms with van der Waals surface area (Å²) >= 11 is 3.68. The van der Waals surface area contributed by atoms with Crippen LogP contribution in [0.25, 0.3) is 0 Å². The smallest absolute Gasteiger partial charge is 0.120 e. The highest BCUT2D eigenvalue weighted by Crippen LogP contribution is 2.33. The first-order chi connectivity index (χ1) is 10.1. The SMILES string of the molecule is CCNC(c1ccc(OC)cc1Br)c1cccc(C)c1C. The molecule has 0 spiro atoms. The predicted molar refractivity (Wildman–Crippen MR) is 92.1 cm³/mol. The molecule has 21 heavy (non-hydrogen) atoms. The van der Waals surface area contributed by atoms with E-state index in [2.05, 4.69) is 66.3 Å². The average molecular weight is 348 g/mol. The number of rotatable bonds is 5. The van der Waals surface area contributed by atoms with E-state index in [1.54, 1.807) is 7.11 Å². The number of nitrogens with one attached hydrogen (secondary N) is 1. The molecule has 0 aromatic heterocycles. The van der Waals surface area contributed by atoms with E-state index in [1.165, 1.54) is 22.3 Å². The van der Waals surface area contributed by atoms with Gasteiger partial charge in [-0.05, 0) is 54.8 Å². The lowest BCUT2D eigenvalue weighted by molar-refractivity contribution is 0.414. The zero-order valence-electron chi connectivity index (χ0n) is 13.0. The van der Waals surface area contributed by atoms with Crippen molar-refractivity contribution in [3.05, 3.63) is 63.1 Å². The van der Waals surface area contributed by atoms with Crippen molar-refractivity contribution in [2.75, 3.05) is 13.7 Å². The zero-order chi connectivity index (χ0) is 15.4. The van der Waals surface area contributed by atoms with Gasteiger partial charge in [-0.1, -0.05) is 47.1 Å². The number of aryl methyl sites for hydroxylation is 1. The summed E-state index contributed by atoms with van der Waals surface area (Å²) in [5.41, 5.74) is 5.21. The van der Waals surface area contributed by atoms with Crippen LogP contribution in [0.4, 0.5) is 0 Å². The quantitative estimate of drug-likeness (QED) is 0.840. The van der Waals surface area contributed by atoms with Gasteiger partial charge in [0.1, 0.15) is 5.75 Å². The van der Waals surface area contributed by atoms with Gasteiger partial charge in [0.25, 0.3) is 0 Å². The number of halogens is 1. The van der Waals surface area contributed by atoms with Gasteiger partial charge in [0.2, 0.25) is 0 Å². The molecule has 0 amide bonds. The lowest BCUT2D eigenvalue weighted by atomic mass is 9.92. The summed E-state index contributed by atoms with van der Waals surface area (Å²) in [6.45, 7) is 7.39. The molecule has 0 saturated heterocycles. The Hall–Kier alpha value is -1.32. The summed E-state index contributed by atoms with van der Waals surface area (Å²) in [6.07, 6.45) is 0. The molecule has 0 aliphatic rings. The van der Waals surface area contributed by atoms with Crippen LogP contribution in [0.5, 0.6) is 5.75 Å².